The van der Waals surface area contributed by atoms with E-state index in [-0.39, 0.29) is 18.1 Å². The molecule has 1 amide bonds. The molecule has 0 aliphatic carbocycles. The van der Waals surface area contributed by atoms with Crippen LogP contribution in [0.25, 0.3) is 11.3 Å². The van der Waals surface area contributed by atoms with Gasteiger partial charge in [-0.1, -0.05) is 19.0 Å². The van der Waals surface area contributed by atoms with E-state index in [1.807, 2.05) is 6.07 Å². The lowest BCUT2D eigenvalue weighted by atomic mass is 9.95. The van der Waals surface area contributed by atoms with E-state index in [0.717, 1.165) is 12.0 Å². The lowest BCUT2D eigenvalue weighted by Gasteiger charge is -2.24. The third-order valence-corrected chi connectivity index (χ3v) is 3.58. The zero-order valence-electron chi connectivity index (χ0n) is 13.7. The highest BCUT2D eigenvalue weighted by Gasteiger charge is 2.23. The minimum Gasteiger partial charge on any atom is -0.388 e. The van der Waals surface area contributed by atoms with Gasteiger partial charge in [0.2, 0.25) is 0 Å². The summed E-state index contributed by atoms with van der Waals surface area (Å²) in [4.78, 5) is 16.1. The van der Waals surface area contributed by atoms with Gasteiger partial charge >= 0.3 is 0 Å². The van der Waals surface area contributed by atoms with Crippen LogP contribution in [0.4, 0.5) is 0 Å². The van der Waals surface area contributed by atoms with E-state index >= 15 is 0 Å². The highest BCUT2D eigenvalue weighted by atomic mass is 16.5. The van der Waals surface area contributed by atoms with Crippen LogP contribution in [0.15, 0.2) is 35.1 Å². The molecule has 2 rings (SSSR count). The molecular formula is C17H23N3O3. The molecule has 0 aliphatic heterocycles. The Bertz CT molecular complexity index is 636. The van der Waals surface area contributed by atoms with Gasteiger partial charge in [0.25, 0.3) is 5.91 Å². The number of pyridine rings is 1. The Morgan fingerprint density at radius 1 is 1.48 bits per heavy atom. The van der Waals surface area contributed by atoms with Gasteiger partial charge in [-0.15, -0.1) is 0 Å². The van der Waals surface area contributed by atoms with Crippen LogP contribution in [0, 0.1) is 5.92 Å². The zero-order valence-corrected chi connectivity index (χ0v) is 13.7. The highest BCUT2D eigenvalue weighted by molar-refractivity contribution is 5.93. The first-order valence-electron chi connectivity index (χ1n) is 7.75. The number of carbonyl (C=O) groups excluding carboxylic acids is 1. The van der Waals surface area contributed by atoms with Crippen molar-refractivity contribution in [1.82, 2.24) is 15.5 Å². The number of nitrogens with one attached hydrogen (secondary N) is 1. The average molecular weight is 317 g/mol. The molecule has 0 fully saturated rings. The van der Waals surface area contributed by atoms with Crippen molar-refractivity contribution in [1.29, 1.82) is 0 Å². The third kappa shape index (κ3) is 5.17. The van der Waals surface area contributed by atoms with E-state index in [9.17, 15) is 9.90 Å². The Labute approximate surface area is 135 Å². The number of rotatable bonds is 7. The van der Waals surface area contributed by atoms with Gasteiger partial charge in [0, 0.05) is 30.6 Å². The minimum atomic E-state index is -0.935. The van der Waals surface area contributed by atoms with Crippen molar-refractivity contribution >= 4 is 5.91 Å². The molecule has 23 heavy (non-hydrogen) atoms. The van der Waals surface area contributed by atoms with Gasteiger partial charge in [0.1, 0.15) is 0 Å². The molecule has 0 bridgehead atoms. The number of hydrogen-bond donors (Lipinski definition) is 2. The molecule has 0 aromatic carbocycles. The fraction of sp³-hybridized carbons (Fsp3) is 0.471. The molecule has 0 aliphatic rings. The predicted molar refractivity (Wildman–Crippen MR) is 86.8 cm³/mol. The molecule has 1 atom stereocenters. The van der Waals surface area contributed by atoms with Crippen molar-refractivity contribution in [3.63, 3.8) is 0 Å². The molecule has 1 unspecified atom stereocenters. The minimum absolute atomic E-state index is 0.174. The molecule has 0 saturated heterocycles. The summed E-state index contributed by atoms with van der Waals surface area (Å²) < 4.78 is 5.17. The summed E-state index contributed by atoms with van der Waals surface area (Å²) >= 11 is 0. The molecule has 124 valence electrons. The number of amides is 1. The van der Waals surface area contributed by atoms with Crippen LogP contribution in [0.3, 0.4) is 0 Å². The Balaban J connectivity index is 1.93. The summed E-state index contributed by atoms with van der Waals surface area (Å²) in [6.45, 7) is 6.10. The van der Waals surface area contributed by atoms with Crippen LogP contribution in [-0.2, 0) is 0 Å². The van der Waals surface area contributed by atoms with E-state index < -0.39 is 5.60 Å². The van der Waals surface area contributed by atoms with Crippen molar-refractivity contribution in [3.05, 3.63) is 36.3 Å². The van der Waals surface area contributed by atoms with Crippen LogP contribution in [0.2, 0.25) is 0 Å². The van der Waals surface area contributed by atoms with Crippen molar-refractivity contribution in [2.45, 2.75) is 39.2 Å². The molecule has 0 spiro atoms. The molecule has 6 heteroatoms. The second-order valence-electron chi connectivity index (χ2n) is 6.43. The molecule has 0 saturated carbocycles. The standard InChI is InChI=1S/C17H23N3O3/c1-12(2)6-7-17(3,22)11-19-16(21)14-9-15(23-20-14)13-5-4-8-18-10-13/h4-5,8-10,12,22H,6-7,11H2,1-3H3,(H,19,21). The number of aliphatic hydroxyl groups is 1. The summed E-state index contributed by atoms with van der Waals surface area (Å²) in [6, 6.07) is 5.17. The van der Waals surface area contributed by atoms with E-state index in [2.05, 4.69) is 29.3 Å². The second kappa shape index (κ2) is 7.37. The Morgan fingerprint density at radius 3 is 2.91 bits per heavy atom. The van der Waals surface area contributed by atoms with Gasteiger partial charge in [-0.3, -0.25) is 9.78 Å². The molecule has 2 aromatic rings. The number of nitrogens with zero attached hydrogens (tertiary/aromatic N) is 2. The van der Waals surface area contributed by atoms with E-state index in [0.29, 0.717) is 18.1 Å². The van der Waals surface area contributed by atoms with Crippen LogP contribution < -0.4 is 5.32 Å². The average Bonchev–Trinajstić information content (AvgIpc) is 3.02. The fourth-order valence-corrected chi connectivity index (χ4v) is 2.08. The third-order valence-electron chi connectivity index (χ3n) is 3.58. The quantitative estimate of drug-likeness (QED) is 0.819. The van der Waals surface area contributed by atoms with Crippen molar-refractivity contribution in [2.75, 3.05) is 6.54 Å². The number of carbonyl (C=O) groups is 1. The van der Waals surface area contributed by atoms with E-state index in [1.54, 1.807) is 31.5 Å². The van der Waals surface area contributed by atoms with Crippen LogP contribution >= 0.6 is 0 Å². The first-order valence-corrected chi connectivity index (χ1v) is 7.75. The van der Waals surface area contributed by atoms with Gasteiger partial charge in [-0.25, -0.2) is 0 Å². The van der Waals surface area contributed by atoms with Crippen LogP contribution in [0.1, 0.15) is 44.1 Å². The van der Waals surface area contributed by atoms with Crippen molar-refractivity contribution in [3.8, 4) is 11.3 Å². The van der Waals surface area contributed by atoms with E-state index in [4.69, 9.17) is 4.52 Å². The number of aromatic nitrogens is 2. The zero-order chi connectivity index (χ0) is 16.9. The van der Waals surface area contributed by atoms with Crippen LogP contribution in [-0.4, -0.2) is 33.3 Å². The summed E-state index contributed by atoms with van der Waals surface area (Å²) in [7, 11) is 0. The normalized spacial score (nSPS) is 13.8. The monoisotopic (exact) mass is 317 g/mol. The first-order chi connectivity index (χ1) is 10.9. The van der Waals surface area contributed by atoms with E-state index in [1.165, 1.54) is 0 Å². The topological polar surface area (TPSA) is 88.2 Å². The maximum absolute atomic E-state index is 12.1. The lowest BCUT2D eigenvalue weighted by molar-refractivity contribution is 0.0427. The number of hydrogen-bond acceptors (Lipinski definition) is 5. The largest absolute Gasteiger partial charge is 0.388 e. The fourth-order valence-electron chi connectivity index (χ4n) is 2.08. The van der Waals surface area contributed by atoms with Gasteiger partial charge in [0.15, 0.2) is 11.5 Å². The van der Waals surface area contributed by atoms with Gasteiger partial charge < -0.3 is 14.9 Å². The van der Waals surface area contributed by atoms with Gasteiger partial charge in [-0.05, 0) is 37.8 Å². The maximum Gasteiger partial charge on any atom is 0.273 e. The molecule has 2 aromatic heterocycles. The van der Waals surface area contributed by atoms with Crippen LogP contribution in [0.5, 0.6) is 0 Å². The first kappa shape index (κ1) is 17.1. The Kier molecular flexibility index (Phi) is 5.50. The molecule has 0 radical (unpaired) electrons. The smallest absolute Gasteiger partial charge is 0.273 e. The lowest BCUT2D eigenvalue weighted by Crippen LogP contribution is -2.40. The Hall–Kier alpha value is -2.21. The van der Waals surface area contributed by atoms with Gasteiger partial charge in [0.05, 0.1) is 5.60 Å². The molecular weight excluding hydrogens is 294 g/mol. The van der Waals surface area contributed by atoms with Crippen molar-refractivity contribution in [2.24, 2.45) is 5.92 Å². The molecule has 2 heterocycles. The second-order valence-corrected chi connectivity index (χ2v) is 6.43. The van der Waals surface area contributed by atoms with Crippen molar-refractivity contribution < 1.29 is 14.4 Å². The highest BCUT2D eigenvalue weighted by Crippen LogP contribution is 2.19. The SMILES string of the molecule is CC(C)CCC(C)(O)CNC(=O)c1cc(-c2cccnc2)on1. The summed E-state index contributed by atoms with van der Waals surface area (Å²) in [5.74, 6) is 0.623. The van der Waals surface area contributed by atoms with Gasteiger partial charge in [-0.2, -0.15) is 0 Å². The maximum atomic E-state index is 12.1. The summed E-state index contributed by atoms with van der Waals surface area (Å²) in [6.07, 6.45) is 4.83. The molecule has 6 nitrogen and oxygen atoms in total. The predicted octanol–water partition coefficient (Wildman–Crippen LogP) is 2.65. The summed E-state index contributed by atoms with van der Waals surface area (Å²) in [5, 5.41) is 16.7. The molecule has 2 N–H and O–H groups in total. The summed E-state index contributed by atoms with van der Waals surface area (Å²) in [5.41, 5.74) is 0.00189. The Morgan fingerprint density at radius 2 is 2.26 bits per heavy atom.